The first-order valence-corrected chi connectivity index (χ1v) is 6.35. The number of aliphatic carboxylic acids is 1. The van der Waals surface area contributed by atoms with Crippen LogP contribution in [-0.4, -0.2) is 29.9 Å². The molecule has 0 spiro atoms. The molecule has 0 heterocycles. The molecule has 0 fully saturated rings. The molecule has 1 rings (SSSR count). The van der Waals surface area contributed by atoms with Gasteiger partial charge in [-0.15, -0.1) is 0 Å². The van der Waals surface area contributed by atoms with Crippen LogP contribution in [0.25, 0.3) is 0 Å². The van der Waals surface area contributed by atoms with Gasteiger partial charge in [0, 0.05) is 5.69 Å². The lowest BCUT2D eigenvalue weighted by atomic mass is 10.2. The zero-order chi connectivity index (χ0) is 13.1. The zero-order valence-corrected chi connectivity index (χ0v) is 9.94. The number of rotatable bonds is 5. The summed E-state index contributed by atoms with van der Waals surface area (Å²) >= 11 is 0. The van der Waals surface area contributed by atoms with E-state index in [0.29, 0.717) is 5.56 Å². The fraction of sp³-hybridized carbons (Fsp3) is 0.300. The van der Waals surface area contributed by atoms with Gasteiger partial charge in [0.15, 0.2) is 5.25 Å². The number of aliphatic hydroxyl groups is 1. The molecule has 7 heteroatoms. The lowest BCUT2D eigenvalue weighted by Crippen LogP contribution is -2.32. The predicted octanol–water partition coefficient (Wildman–Crippen LogP) is 0.394. The number of benzene rings is 1. The van der Waals surface area contributed by atoms with E-state index in [-0.39, 0.29) is 12.3 Å². The molecule has 0 aliphatic rings. The van der Waals surface area contributed by atoms with E-state index in [1.54, 1.807) is 12.1 Å². The Morgan fingerprint density at radius 2 is 1.88 bits per heavy atom. The number of aliphatic hydroxyl groups excluding tert-OH is 1. The number of carboxylic acids is 1. The Bertz CT molecular complexity index is 494. The van der Waals surface area contributed by atoms with Crippen LogP contribution < -0.4 is 4.72 Å². The highest BCUT2D eigenvalue weighted by molar-refractivity contribution is 7.94. The van der Waals surface area contributed by atoms with Gasteiger partial charge in [-0.1, -0.05) is 12.1 Å². The van der Waals surface area contributed by atoms with Crippen molar-refractivity contribution < 1.29 is 23.4 Å². The summed E-state index contributed by atoms with van der Waals surface area (Å²) in [6.07, 6.45) is 0. The first-order valence-electron chi connectivity index (χ1n) is 4.81. The molecular formula is C10H13NO5S. The van der Waals surface area contributed by atoms with E-state index in [1.807, 2.05) is 0 Å². The van der Waals surface area contributed by atoms with E-state index in [0.717, 1.165) is 6.92 Å². The molecule has 17 heavy (non-hydrogen) atoms. The van der Waals surface area contributed by atoms with Gasteiger partial charge in [0.1, 0.15) is 0 Å². The number of sulfonamides is 1. The highest BCUT2D eigenvalue weighted by Gasteiger charge is 2.27. The fourth-order valence-corrected chi connectivity index (χ4v) is 1.97. The molecule has 0 radical (unpaired) electrons. The molecule has 1 atom stereocenters. The van der Waals surface area contributed by atoms with Crippen molar-refractivity contribution in [2.24, 2.45) is 0 Å². The van der Waals surface area contributed by atoms with Crippen molar-refractivity contribution in [1.29, 1.82) is 0 Å². The van der Waals surface area contributed by atoms with Gasteiger partial charge < -0.3 is 10.2 Å². The summed E-state index contributed by atoms with van der Waals surface area (Å²) in [6, 6.07) is 6.00. The van der Waals surface area contributed by atoms with E-state index in [9.17, 15) is 13.2 Å². The number of carbonyl (C=O) groups is 1. The van der Waals surface area contributed by atoms with E-state index >= 15 is 0 Å². The maximum absolute atomic E-state index is 11.6. The van der Waals surface area contributed by atoms with Crippen LogP contribution in [-0.2, 0) is 21.4 Å². The van der Waals surface area contributed by atoms with Crippen LogP contribution in [0.2, 0.25) is 0 Å². The summed E-state index contributed by atoms with van der Waals surface area (Å²) in [6.45, 7) is 0.950. The van der Waals surface area contributed by atoms with E-state index < -0.39 is 21.2 Å². The number of carboxylic acid groups (broad SMARTS) is 1. The average molecular weight is 259 g/mol. The lowest BCUT2D eigenvalue weighted by Gasteiger charge is -2.11. The molecule has 0 saturated carbocycles. The first kappa shape index (κ1) is 13.5. The molecule has 94 valence electrons. The Morgan fingerprint density at radius 3 is 2.29 bits per heavy atom. The molecule has 0 aromatic heterocycles. The highest BCUT2D eigenvalue weighted by Crippen LogP contribution is 2.13. The Balaban J connectivity index is 2.86. The second-order valence-electron chi connectivity index (χ2n) is 3.48. The van der Waals surface area contributed by atoms with Crippen LogP contribution in [0.5, 0.6) is 0 Å². The molecule has 0 amide bonds. The quantitative estimate of drug-likeness (QED) is 0.709. The number of nitrogens with one attached hydrogen (secondary N) is 1. The van der Waals surface area contributed by atoms with Crippen molar-refractivity contribution in [3.8, 4) is 0 Å². The minimum Gasteiger partial charge on any atom is -0.480 e. The van der Waals surface area contributed by atoms with Crippen molar-refractivity contribution in [1.82, 2.24) is 0 Å². The molecular weight excluding hydrogens is 246 g/mol. The minimum atomic E-state index is -3.94. The summed E-state index contributed by atoms with van der Waals surface area (Å²) < 4.78 is 25.3. The third-order valence-electron chi connectivity index (χ3n) is 2.21. The van der Waals surface area contributed by atoms with Crippen LogP contribution in [0.4, 0.5) is 5.69 Å². The van der Waals surface area contributed by atoms with Crippen molar-refractivity contribution in [3.63, 3.8) is 0 Å². The second-order valence-corrected chi connectivity index (χ2v) is 5.48. The van der Waals surface area contributed by atoms with E-state index in [2.05, 4.69) is 4.72 Å². The van der Waals surface area contributed by atoms with Crippen molar-refractivity contribution in [3.05, 3.63) is 29.8 Å². The van der Waals surface area contributed by atoms with Gasteiger partial charge in [0.25, 0.3) is 0 Å². The maximum atomic E-state index is 11.6. The second kappa shape index (κ2) is 5.15. The Labute approximate surface area is 99.0 Å². The molecule has 0 aliphatic carbocycles. The molecule has 0 aliphatic heterocycles. The first-order chi connectivity index (χ1) is 7.86. The number of hydrogen-bond acceptors (Lipinski definition) is 4. The Hall–Kier alpha value is -1.60. The van der Waals surface area contributed by atoms with Crippen molar-refractivity contribution >= 4 is 21.7 Å². The number of hydrogen-bond donors (Lipinski definition) is 3. The summed E-state index contributed by atoms with van der Waals surface area (Å²) in [7, 11) is -3.94. The largest absolute Gasteiger partial charge is 0.480 e. The maximum Gasteiger partial charge on any atom is 0.323 e. The third-order valence-corrected chi connectivity index (χ3v) is 3.86. The number of anilines is 1. The summed E-state index contributed by atoms with van der Waals surface area (Å²) in [5.74, 6) is -1.41. The topological polar surface area (TPSA) is 104 Å². The van der Waals surface area contributed by atoms with Crippen LogP contribution in [0.3, 0.4) is 0 Å². The van der Waals surface area contributed by atoms with Crippen LogP contribution in [0.15, 0.2) is 24.3 Å². The van der Waals surface area contributed by atoms with Gasteiger partial charge in [-0.2, -0.15) is 0 Å². The summed E-state index contributed by atoms with van der Waals surface area (Å²) in [4.78, 5) is 10.6. The zero-order valence-electron chi connectivity index (χ0n) is 9.12. The standard InChI is InChI=1S/C10H13NO5S/c1-7(10(13)14)17(15,16)11-9-4-2-8(6-12)3-5-9/h2-5,7,11-12H,6H2,1H3,(H,13,14). The Morgan fingerprint density at radius 1 is 1.35 bits per heavy atom. The third kappa shape index (κ3) is 3.43. The SMILES string of the molecule is CC(C(=O)O)S(=O)(=O)Nc1ccc(CO)cc1. The molecule has 0 saturated heterocycles. The average Bonchev–Trinajstić information content (AvgIpc) is 2.28. The van der Waals surface area contributed by atoms with Crippen LogP contribution >= 0.6 is 0 Å². The fourth-order valence-electron chi connectivity index (χ4n) is 1.06. The van der Waals surface area contributed by atoms with Gasteiger partial charge in [0.2, 0.25) is 10.0 Å². The van der Waals surface area contributed by atoms with Crippen molar-refractivity contribution in [2.45, 2.75) is 18.8 Å². The molecule has 1 aromatic carbocycles. The lowest BCUT2D eigenvalue weighted by molar-refractivity contribution is -0.136. The summed E-state index contributed by atoms with van der Waals surface area (Å²) in [5, 5.41) is 15.9. The highest BCUT2D eigenvalue weighted by atomic mass is 32.2. The molecule has 1 aromatic rings. The monoisotopic (exact) mass is 259 g/mol. The minimum absolute atomic E-state index is 0.140. The van der Waals surface area contributed by atoms with Gasteiger partial charge >= 0.3 is 5.97 Å². The van der Waals surface area contributed by atoms with Gasteiger partial charge in [-0.05, 0) is 24.6 Å². The van der Waals surface area contributed by atoms with Crippen molar-refractivity contribution in [2.75, 3.05) is 4.72 Å². The molecule has 1 unspecified atom stereocenters. The molecule has 6 nitrogen and oxygen atoms in total. The van der Waals surface area contributed by atoms with Gasteiger partial charge in [-0.25, -0.2) is 8.42 Å². The van der Waals surface area contributed by atoms with E-state index in [4.69, 9.17) is 10.2 Å². The van der Waals surface area contributed by atoms with Crippen LogP contribution in [0, 0.1) is 0 Å². The van der Waals surface area contributed by atoms with E-state index in [1.165, 1.54) is 12.1 Å². The molecule has 3 N–H and O–H groups in total. The van der Waals surface area contributed by atoms with Gasteiger partial charge in [-0.3, -0.25) is 9.52 Å². The van der Waals surface area contributed by atoms with Crippen LogP contribution in [0.1, 0.15) is 12.5 Å². The molecule has 0 bridgehead atoms. The smallest absolute Gasteiger partial charge is 0.323 e. The Kier molecular flexibility index (Phi) is 4.08. The summed E-state index contributed by atoms with van der Waals surface area (Å²) in [5.41, 5.74) is 0.898. The predicted molar refractivity (Wildman–Crippen MR) is 62.0 cm³/mol. The normalized spacial score (nSPS) is 13.1. The van der Waals surface area contributed by atoms with Gasteiger partial charge in [0.05, 0.1) is 6.61 Å².